The van der Waals surface area contributed by atoms with Crippen LogP contribution in [0.1, 0.15) is 11.1 Å². The van der Waals surface area contributed by atoms with E-state index in [0.717, 1.165) is 12.1 Å². The van der Waals surface area contributed by atoms with E-state index in [1.54, 1.807) is 24.3 Å². The predicted octanol–water partition coefficient (Wildman–Crippen LogP) is 4.99. The molecule has 2 nitrogen and oxygen atoms in total. The Bertz CT molecular complexity index is 839. The highest BCUT2D eigenvalue weighted by Crippen LogP contribution is 2.35. The monoisotopic (exact) mass is 287 g/mol. The standard InChI is InChI=1S/C16H8F3NO/c17-16(18,19)11-7-5-10(6-8-11)15-13(9-20)12-3-1-2-4-14(12)21-15/h1-8H. The number of hydrogen-bond acceptors (Lipinski definition) is 2. The van der Waals surface area contributed by atoms with Crippen molar-refractivity contribution in [3.8, 4) is 17.4 Å². The second-order valence-corrected chi connectivity index (χ2v) is 4.49. The summed E-state index contributed by atoms with van der Waals surface area (Å²) in [5, 5.41) is 9.91. The predicted molar refractivity (Wildman–Crippen MR) is 71.4 cm³/mol. The molecule has 0 aliphatic heterocycles. The molecule has 3 aromatic rings. The normalized spacial score (nSPS) is 11.5. The van der Waals surface area contributed by atoms with Crippen molar-refractivity contribution >= 4 is 11.0 Å². The van der Waals surface area contributed by atoms with Crippen molar-refractivity contribution < 1.29 is 17.6 Å². The van der Waals surface area contributed by atoms with Gasteiger partial charge in [0.05, 0.1) is 5.56 Å². The van der Waals surface area contributed by atoms with Gasteiger partial charge in [-0.15, -0.1) is 0 Å². The summed E-state index contributed by atoms with van der Waals surface area (Å²) in [7, 11) is 0. The Balaban J connectivity index is 2.15. The van der Waals surface area contributed by atoms with Crippen LogP contribution in [0.25, 0.3) is 22.3 Å². The van der Waals surface area contributed by atoms with E-state index in [2.05, 4.69) is 0 Å². The molecule has 1 heterocycles. The van der Waals surface area contributed by atoms with Gasteiger partial charge in [0.2, 0.25) is 0 Å². The average molecular weight is 287 g/mol. The summed E-state index contributed by atoms with van der Waals surface area (Å²) in [6.07, 6.45) is -4.38. The fraction of sp³-hybridized carbons (Fsp3) is 0.0625. The fourth-order valence-electron chi connectivity index (χ4n) is 2.17. The molecule has 0 radical (unpaired) electrons. The van der Waals surface area contributed by atoms with Gasteiger partial charge in [-0.1, -0.05) is 24.3 Å². The van der Waals surface area contributed by atoms with Crippen molar-refractivity contribution in [3.63, 3.8) is 0 Å². The minimum absolute atomic E-state index is 0.285. The number of para-hydroxylation sites is 1. The smallest absolute Gasteiger partial charge is 0.416 e. The van der Waals surface area contributed by atoms with Crippen molar-refractivity contribution in [3.05, 3.63) is 59.7 Å². The molecule has 0 unspecified atom stereocenters. The number of nitriles is 1. The van der Waals surface area contributed by atoms with Crippen LogP contribution in [-0.4, -0.2) is 0 Å². The molecule has 0 fully saturated rings. The molecule has 0 aliphatic rings. The van der Waals surface area contributed by atoms with Gasteiger partial charge in [0.15, 0.2) is 5.76 Å². The molecule has 3 rings (SSSR count). The molecular weight excluding hydrogens is 279 g/mol. The molecule has 0 saturated carbocycles. The van der Waals surface area contributed by atoms with Gasteiger partial charge < -0.3 is 4.42 Å². The molecule has 0 aliphatic carbocycles. The summed E-state index contributed by atoms with van der Waals surface area (Å²) in [5.74, 6) is 0.285. The number of hydrogen-bond donors (Lipinski definition) is 0. The molecule has 21 heavy (non-hydrogen) atoms. The molecular formula is C16H8F3NO. The van der Waals surface area contributed by atoms with Gasteiger partial charge >= 0.3 is 6.18 Å². The number of furan rings is 1. The Hall–Kier alpha value is -2.74. The molecule has 104 valence electrons. The van der Waals surface area contributed by atoms with E-state index in [-0.39, 0.29) is 5.76 Å². The van der Waals surface area contributed by atoms with Crippen molar-refractivity contribution in [1.29, 1.82) is 5.26 Å². The van der Waals surface area contributed by atoms with E-state index in [4.69, 9.17) is 4.42 Å². The Morgan fingerprint density at radius 1 is 0.952 bits per heavy atom. The lowest BCUT2D eigenvalue weighted by Crippen LogP contribution is -2.03. The number of rotatable bonds is 1. The van der Waals surface area contributed by atoms with Gasteiger partial charge in [0.1, 0.15) is 17.2 Å². The van der Waals surface area contributed by atoms with E-state index < -0.39 is 11.7 Å². The van der Waals surface area contributed by atoms with Crippen molar-refractivity contribution in [1.82, 2.24) is 0 Å². The van der Waals surface area contributed by atoms with Crippen LogP contribution in [0.3, 0.4) is 0 Å². The van der Waals surface area contributed by atoms with Crippen LogP contribution < -0.4 is 0 Å². The van der Waals surface area contributed by atoms with Crippen LogP contribution >= 0.6 is 0 Å². The first-order valence-corrected chi connectivity index (χ1v) is 6.10. The van der Waals surface area contributed by atoms with Crippen molar-refractivity contribution in [2.75, 3.05) is 0 Å². The van der Waals surface area contributed by atoms with E-state index in [1.165, 1.54) is 12.1 Å². The summed E-state index contributed by atoms with van der Waals surface area (Å²) < 4.78 is 43.3. The zero-order chi connectivity index (χ0) is 15.0. The summed E-state index contributed by atoms with van der Waals surface area (Å²) in [6.45, 7) is 0. The van der Waals surface area contributed by atoms with Crippen LogP contribution in [0, 0.1) is 11.3 Å². The largest absolute Gasteiger partial charge is 0.455 e. The molecule has 0 bridgehead atoms. The number of benzene rings is 2. The maximum Gasteiger partial charge on any atom is 0.416 e. The number of nitrogens with zero attached hydrogens (tertiary/aromatic N) is 1. The number of fused-ring (bicyclic) bond motifs is 1. The zero-order valence-electron chi connectivity index (χ0n) is 10.6. The van der Waals surface area contributed by atoms with Crippen LogP contribution in [0.4, 0.5) is 13.2 Å². The maximum absolute atomic E-state index is 12.6. The topological polar surface area (TPSA) is 36.9 Å². The highest BCUT2D eigenvalue weighted by atomic mass is 19.4. The first kappa shape index (κ1) is 13.3. The second kappa shape index (κ2) is 4.67. The highest BCUT2D eigenvalue weighted by molar-refractivity contribution is 5.90. The Kier molecular flexibility index (Phi) is 2.95. The van der Waals surface area contributed by atoms with Crippen LogP contribution in [0.2, 0.25) is 0 Å². The summed E-state index contributed by atoms with van der Waals surface area (Å²) >= 11 is 0. The summed E-state index contributed by atoms with van der Waals surface area (Å²) in [5.41, 5.74) is 0.561. The molecule has 0 saturated heterocycles. The van der Waals surface area contributed by atoms with E-state index in [1.807, 2.05) is 6.07 Å². The lowest BCUT2D eigenvalue weighted by Gasteiger charge is -2.06. The van der Waals surface area contributed by atoms with Gasteiger partial charge in [0, 0.05) is 10.9 Å². The van der Waals surface area contributed by atoms with Gasteiger partial charge in [-0.3, -0.25) is 0 Å². The Labute approximate surface area is 118 Å². The van der Waals surface area contributed by atoms with Crippen molar-refractivity contribution in [2.24, 2.45) is 0 Å². The van der Waals surface area contributed by atoms with Crippen LogP contribution in [-0.2, 0) is 6.18 Å². The third kappa shape index (κ3) is 2.25. The second-order valence-electron chi connectivity index (χ2n) is 4.49. The fourth-order valence-corrected chi connectivity index (χ4v) is 2.17. The SMILES string of the molecule is N#Cc1c(-c2ccc(C(F)(F)F)cc2)oc2ccccc12. The molecule has 0 N–H and O–H groups in total. The molecule has 0 atom stereocenters. The van der Waals surface area contributed by atoms with Crippen LogP contribution in [0.15, 0.2) is 52.9 Å². The van der Waals surface area contributed by atoms with Gasteiger partial charge in [0.25, 0.3) is 0 Å². The van der Waals surface area contributed by atoms with Gasteiger partial charge in [-0.25, -0.2) is 0 Å². The van der Waals surface area contributed by atoms with Crippen LogP contribution in [0.5, 0.6) is 0 Å². The molecule has 0 amide bonds. The van der Waals surface area contributed by atoms with Crippen molar-refractivity contribution in [2.45, 2.75) is 6.18 Å². The van der Waals surface area contributed by atoms with Gasteiger partial charge in [-0.05, 0) is 24.3 Å². The highest BCUT2D eigenvalue weighted by Gasteiger charge is 2.30. The number of alkyl halides is 3. The molecule has 1 aromatic heterocycles. The van der Waals surface area contributed by atoms with E-state index in [0.29, 0.717) is 22.1 Å². The van der Waals surface area contributed by atoms with Gasteiger partial charge in [-0.2, -0.15) is 18.4 Å². The molecule has 2 aromatic carbocycles. The molecule has 5 heteroatoms. The van der Waals surface area contributed by atoms with E-state index >= 15 is 0 Å². The molecule has 0 spiro atoms. The lowest BCUT2D eigenvalue weighted by molar-refractivity contribution is -0.137. The zero-order valence-corrected chi connectivity index (χ0v) is 10.6. The Morgan fingerprint density at radius 3 is 2.24 bits per heavy atom. The minimum atomic E-state index is -4.38. The summed E-state index contributed by atoms with van der Waals surface area (Å²) in [6, 6.07) is 13.6. The first-order chi connectivity index (χ1) is 10.0. The summed E-state index contributed by atoms with van der Waals surface area (Å²) in [4.78, 5) is 0. The quantitative estimate of drug-likeness (QED) is 0.632. The number of halogens is 3. The van der Waals surface area contributed by atoms with E-state index in [9.17, 15) is 18.4 Å². The average Bonchev–Trinajstić information content (AvgIpc) is 2.85. The first-order valence-electron chi connectivity index (χ1n) is 6.10. The minimum Gasteiger partial charge on any atom is -0.455 e. The maximum atomic E-state index is 12.6. The third-order valence-corrected chi connectivity index (χ3v) is 3.18. The lowest BCUT2D eigenvalue weighted by atomic mass is 10.0. The Morgan fingerprint density at radius 2 is 1.62 bits per heavy atom. The third-order valence-electron chi connectivity index (χ3n) is 3.18.